The van der Waals surface area contributed by atoms with Crippen LogP contribution in [0.4, 0.5) is 14.5 Å². The van der Waals surface area contributed by atoms with Crippen molar-refractivity contribution in [2.75, 3.05) is 6.61 Å². The Bertz CT molecular complexity index is 811. The molecule has 2 rings (SSSR count). The number of benzene rings is 2. The van der Waals surface area contributed by atoms with Crippen molar-refractivity contribution in [3.8, 4) is 5.75 Å². The second kappa shape index (κ2) is 7.69. The van der Waals surface area contributed by atoms with E-state index in [-0.39, 0.29) is 29.2 Å². The largest absolute Gasteiger partial charge is 0.487 e. The Balaban J connectivity index is 2.22. The number of carbonyl (C=O) groups is 1. The lowest BCUT2D eigenvalue weighted by atomic mass is 10.1. The molecule has 0 heterocycles. The molecule has 0 bridgehead atoms. The Morgan fingerprint density at radius 3 is 2.60 bits per heavy atom. The first-order chi connectivity index (χ1) is 11.8. The van der Waals surface area contributed by atoms with E-state index in [2.05, 4.69) is 5.32 Å². The molecule has 0 radical (unpaired) electrons. The van der Waals surface area contributed by atoms with E-state index in [1.165, 1.54) is 25.1 Å². The molecular formula is C17H16F2N2O4. The Morgan fingerprint density at radius 2 is 2.00 bits per heavy atom. The summed E-state index contributed by atoms with van der Waals surface area (Å²) in [5.41, 5.74) is -0.199. The lowest BCUT2D eigenvalue weighted by Crippen LogP contribution is -2.27. The maximum absolute atomic E-state index is 13.8. The van der Waals surface area contributed by atoms with Crippen LogP contribution in [0.25, 0.3) is 0 Å². The molecular weight excluding hydrogens is 334 g/mol. The quantitative estimate of drug-likeness (QED) is 0.635. The molecule has 0 spiro atoms. The number of carbonyl (C=O) groups excluding carboxylic acids is 1. The molecule has 0 unspecified atom stereocenters. The normalized spacial score (nSPS) is 11.7. The van der Waals surface area contributed by atoms with Gasteiger partial charge in [0.2, 0.25) is 0 Å². The van der Waals surface area contributed by atoms with Crippen molar-refractivity contribution in [2.45, 2.75) is 19.9 Å². The van der Waals surface area contributed by atoms with Gasteiger partial charge in [-0.2, -0.15) is 0 Å². The fourth-order valence-electron chi connectivity index (χ4n) is 2.29. The van der Waals surface area contributed by atoms with Crippen LogP contribution in [0.1, 0.15) is 35.8 Å². The molecule has 132 valence electrons. The monoisotopic (exact) mass is 350 g/mol. The predicted molar refractivity (Wildman–Crippen MR) is 86.5 cm³/mol. The summed E-state index contributed by atoms with van der Waals surface area (Å²) in [4.78, 5) is 22.7. The lowest BCUT2D eigenvalue weighted by molar-refractivity contribution is -0.385. The molecule has 6 nitrogen and oxygen atoms in total. The highest BCUT2D eigenvalue weighted by Crippen LogP contribution is 2.28. The SMILES string of the molecule is CCOc1ccc(C(=O)N[C@H](C)c2ccc(F)cc2F)cc1[N+](=O)[O-]. The molecule has 1 atom stereocenters. The molecule has 0 saturated carbocycles. The summed E-state index contributed by atoms with van der Waals surface area (Å²) < 4.78 is 31.9. The number of nitrogens with zero attached hydrogens (tertiary/aromatic N) is 1. The molecule has 0 saturated heterocycles. The topological polar surface area (TPSA) is 81.5 Å². The minimum atomic E-state index is -0.787. The predicted octanol–water partition coefficient (Wildman–Crippen LogP) is 3.76. The summed E-state index contributed by atoms with van der Waals surface area (Å²) in [5, 5.41) is 13.6. The van der Waals surface area contributed by atoms with Gasteiger partial charge in [-0.25, -0.2) is 8.78 Å². The number of amides is 1. The third-order valence-electron chi connectivity index (χ3n) is 3.49. The van der Waals surface area contributed by atoms with Gasteiger partial charge in [-0.1, -0.05) is 6.07 Å². The first-order valence-electron chi connectivity index (χ1n) is 7.50. The summed E-state index contributed by atoms with van der Waals surface area (Å²) in [6.45, 7) is 3.45. The summed E-state index contributed by atoms with van der Waals surface area (Å²) >= 11 is 0. The van der Waals surface area contributed by atoms with Gasteiger partial charge >= 0.3 is 5.69 Å². The van der Waals surface area contributed by atoms with E-state index >= 15 is 0 Å². The highest BCUT2D eigenvalue weighted by Gasteiger charge is 2.20. The smallest absolute Gasteiger partial charge is 0.311 e. The maximum atomic E-state index is 13.8. The van der Waals surface area contributed by atoms with Crippen molar-refractivity contribution in [3.05, 3.63) is 69.3 Å². The Hall–Kier alpha value is -3.03. The number of halogens is 2. The Labute approximate surface area is 142 Å². The van der Waals surface area contributed by atoms with Gasteiger partial charge < -0.3 is 10.1 Å². The summed E-state index contributed by atoms with van der Waals surface area (Å²) in [6.07, 6.45) is 0. The number of nitro benzene ring substituents is 1. The number of ether oxygens (including phenoxy) is 1. The van der Waals surface area contributed by atoms with Crippen LogP contribution >= 0.6 is 0 Å². The van der Waals surface area contributed by atoms with Gasteiger partial charge in [0.25, 0.3) is 5.91 Å². The van der Waals surface area contributed by atoms with Crippen LogP contribution in [-0.4, -0.2) is 17.4 Å². The second-order valence-corrected chi connectivity index (χ2v) is 5.23. The number of rotatable bonds is 6. The summed E-state index contributed by atoms with van der Waals surface area (Å²) in [5.74, 6) is -2.07. The first kappa shape index (κ1) is 18.3. The van der Waals surface area contributed by atoms with Crippen molar-refractivity contribution in [2.24, 2.45) is 0 Å². The molecule has 2 aromatic carbocycles. The van der Waals surface area contributed by atoms with Crippen molar-refractivity contribution in [1.29, 1.82) is 0 Å². The average Bonchev–Trinajstić information content (AvgIpc) is 2.54. The molecule has 1 amide bonds. The Kier molecular flexibility index (Phi) is 5.63. The first-order valence-corrected chi connectivity index (χ1v) is 7.50. The van der Waals surface area contributed by atoms with Crippen LogP contribution in [0.15, 0.2) is 36.4 Å². The van der Waals surface area contributed by atoms with Gasteiger partial charge in [0.1, 0.15) is 11.6 Å². The fourth-order valence-corrected chi connectivity index (χ4v) is 2.29. The van der Waals surface area contributed by atoms with Gasteiger partial charge in [0, 0.05) is 23.3 Å². The van der Waals surface area contributed by atoms with E-state index in [1.54, 1.807) is 6.92 Å². The number of nitrogens with one attached hydrogen (secondary N) is 1. The van der Waals surface area contributed by atoms with Gasteiger partial charge in [-0.15, -0.1) is 0 Å². The molecule has 0 aliphatic heterocycles. The number of hydrogen-bond donors (Lipinski definition) is 1. The second-order valence-electron chi connectivity index (χ2n) is 5.23. The van der Waals surface area contributed by atoms with Gasteiger partial charge in [-0.05, 0) is 32.0 Å². The van der Waals surface area contributed by atoms with Crippen LogP contribution in [0.3, 0.4) is 0 Å². The minimum Gasteiger partial charge on any atom is -0.487 e. The van der Waals surface area contributed by atoms with Crippen molar-refractivity contribution in [1.82, 2.24) is 5.32 Å². The number of hydrogen-bond acceptors (Lipinski definition) is 4. The molecule has 0 aliphatic rings. The third kappa shape index (κ3) is 4.28. The van der Waals surface area contributed by atoms with Crippen molar-refractivity contribution < 1.29 is 23.2 Å². The van der Waals surface area contributed by atoms with Crippen LogP contribution in [0, 0.1) is 21.7 Å². The maximum Gasteiger partial charge on any atom is 0.311 e. The highest BCUT2D eigenvalue weighted by molar-refractivity contribution is 5.95. The van der Waals surface area contributed by atoms with Crippen LogP contribution in [0.5, 0.6) is 5.75 Å². The molecule has 8 heteroatoms. The zero-order valence-electron chi connectivity index (χ0n) is 13.6. The van der Waals surface area contributed by atoms with E-state index in [1.807, 2.05) is 0 Å². The van der Waals surface area contributed by atoms with E-state index in [0.717, 1.165) is 18.2 Å². The van der Waals surface area contributed by atoms with Crippen LogP contribution in [0.2, 0.25) is 0 Å². The average molecular weight is 350 g/mol. The lowest BCUT2D eigenvalue weighted by Gasteiger charge is -2.15. The molecule has 0 aromatic heterocycles. The summed E-state index contributed by atoms with van der Waals surface area (Å²) in [7, 11) is 0. The zero-order valence-corrected chi connectivity index (χ0v) is 13.6. The summed E-state index contributed by atoms with van der Waals surface area (Å²) in [6, 6.07) is 6.09. The van der Waals surface area contributed by atoms with Crippen molar-refractivity contribution in [3.63, 3.8) is 0 Å². The van der Waals surface area contributed by atoms with E-state index in [4.69, 9.17) is 4.74 Å². The molecule has 2 aromatic rings. The zero-order chi connectivity index (χ0) is 18.6. The van der Waals surface area contributed by atoms with E-state index in [9.17, 15) is 23.7 Å². The number of nitro groups is 1. The standard InChI is InChI=1S/C17H16F2N2O4/c1-3-25-16-7-4-11(8-15(16)21(23)24)17(22)20-10(2)13-6-5-12(18)9-14(13)19/h4-10H,3H2,1-2H3,(H,20,22)/t10-/m1/s1. The van der Waals surface area contributed by atoms with Crippen LogP contribution < -0.4 is 10.1 Å². The van der Waals surface area contributed by atoms with Gasteiger partial charge in [0.05, 0.1) is 17.6 Å². The highest BCUT2D eigenvalue weighted by atomic mass is 19.1. The van der Waals surface area contributed by atoms with Crippen LogP contribution in [-0.2, 0) is 0 Å². The minimum absolute atomic E-state index is 0.0320. The third-order valence-corrected chi connectivity index (χ3v) is 3.49. The molecule has 1 N–H and O–H groups in total. The fraction of sp³-hybridized carbons (Fsp3) is 0.235. The van der Waals surface area contributed by atoms with Gasteiger partial charge in [-0.3, -0.25) is 14.9 Å². The molecule has 0 aliphatic carbocycles. The molecule has 25 heavy (non-hydrogen) atoms. The van der Waals surface area contributed by atoms with E-state index < -0.39 is 28.5 Å². The van der Waals surface area contributed by atoms with E-state index in [0.29, 0.717) is 0 Å². The molecule has 0 fully saturated rings. The van der Waals surface area contributed by atoms with Gasteiger partial charge in [0.15, 0.2) is 5.75 Å². The Morgan fingerprint density at radius 1 is 1.28 bits per heavy atom. The van der Waals surface area contributed by atoms with Crippen molar-refractivity contribution >= 4 is 11.6 Å².